The van der Waals surface area contributed by atoms with Crippen LogP contribution in [0.3, 0.4) is 0 Å². The number of nitrogens with zero attached hydrogens (tertiary/aromatic N) is 1. The second kappa shape index (κ2) is 7.03. The van der Waals surface area contributed by atoms with Gasteiger partial charge in [0.05, 0.1) is 12.6 Å². The van der Waals surface area contributed by atoms with Crippen molar-refractivity contribution in [1.82, 2.24) is 4.90 Å². The smallest absolute Gasteiger partial charge is 0.444 e. The van der Waals surface area contributed by atoms with Crippen molar-refractivity contribution in [3.05, 3.63) is 12.7 Å². The molecule has 1 rings (SSSR count). The molecule has 0 aromatic heterocycles. The normalized spacial score (nSPS) is 25.0. The Bertz CT molecular complexity index is 489. The topological polar surface area (TPSA) is 65.1 Å². The zero-order valence-electron chi connectivity index (χ0n) is 16.0. The van der Waals surface area contributed by atoms with Crippen LogP contribution in [0.15, 0.2) is 12.7 Å². The molecule has 0 radical (unpaired) electrons. The van der Waals surface area contributed by atoms with Gasteiger partial charge in [-0.05, 0) is 61.3 Å². The minimum Gasteiger partial charge on any atom is -0.444 e. The molecule has 0 unspecified atom stereocenters. The average molecular weight is 341 g/mol. The van der Waals surface area contributed by atoms with Crippen LogP contribution in [-0.4, -0.2) is 46.5 Å². The standard InChI is InChI=1S/C18H31NO5/c1-9-13-10-11-18(8,24-15(21)23-17(5,6)7)12-19(13)14(20)22-16(2,3)4/h9,13H,1,10-12H2,2-8H3/t13-,18+/m0/s1. The predicted octanol–water partition coefficient (Wildman–Crippen LogP) is 4.28. The molecule has 0 bridgehead atoms. The van der Waals surface area contributed by atoms with Gasteiger partial charge < -0.3 is 14.2 Å². The lowest BCUT2D eigenvalue weighted by Gasteiger charge is -2.43. The number of rotatable bonds is 2. The Labute approximate surface area is 145 Å². The highest BCUT2D eigenvalue weighted by Crippen LogP contribution is 2.31. The quantitative estimate of drug-likeness (QED) is 0.554. The molecule has 1 aliphatic heterocycles. The molecule has 0 aromatic carbocycles. The molecule has 1 heterocycles. The molecule has 1 aliphatic rings. The van der Waals surface area contributed by atoms with E-state index in [1.165, 1.54) is 0 Å². The highest BCUT2D eigenvalue weighted by Gasteiger charge is 2.42. The molecule has 0 aliphatic carbocycles. The number of ether oxygens (including phenoxy) is 3. The summed E-state index contributed by atoms with van der Waals surface area (Å²) in [4.78, 5) is 26.0. The summed E-state index contributed by atoms with van der Waals surface area (Å²) < 4.78 is 16.2. The van der Waals surface area contributed by atoms with Gasteiger partial charge >= 0.3 is 12.2 Å². The number of hydrogen-bond donors (Lipinski definition) is 0. The summed E-state index contributed by atoms with van der Waals surface area (Å²) >= 11 is 0. The van der Waals surface area contributed by atoms with Gasteiger partial charge in [0.25, 0.3) is 0 Å². The van der Waals surface area contributed by atoms with Gasteiger partial charge in [-0.15, -0.1) is 6.58 Å². The van der Waals surface area contributed by atoms with Crippen molar-refractivity contribution in [1.29, 1.82) is 0 Å². The molecule has 138 valence electrons. The molecule has 0 spiro atoms. The van der Waals surface area contributed by atoms with Crippen LogP contribution in [0, 0.1) is 0 Å². The SMILES string of the molecule is C=C[C@H]1CC[C@@](C)(OC(=O)OC(C)(C)C)CN1C(=O)OC(C)(C)C. The van der Waals surface area contributed by atoms with Crippen LogP contribution >= 0.6 is 0 Å². The molecule has 0 N–H and O–H groups in total. The first-order valence-corrected chi connectivity index (χ1v) is 8.29. The zero-order chi connectivity index (χ0) is 18.8. The summed E-state index contributed by atoms with van der Waals surface area (Å²) in [5, 5.41) is 0. The monoisotopic (exact) mass is 341 g/mol. The third-order valence-corrected chi connectivity index (χ3v) is 3.49. The molecule has 1 fully saturated rings. The molecule has 1 saturated heterocycles. The number of carbonyl (C=O) groups is 2. The van der Waals surface area contributed by atoms with E-state index < -0.39 is 29.1 Å². The summed E-state index contributed by atoms with van der Waals surface area (Å²) in [5.74, 6) is 0. The van der Waals surface area contributed by atoms with Crippen molar-refractivity contribution >= 4 is 12.2 Å². The number of piperidine rings is 1. The molecule has 6 heteroatoms. The van der Waals surface area contributed by atoms with E-state index >= 15 is 0 Å². The van der Waals surface area contributed by atoms with Gasteiger partial charge in [-0.1, -0.05) is 6.08 Å². The first kappa shape index (κ1) is 20.3. The molecule has 6 nitrogen and oxygen atoms in total. The van der Waals surface area contributed by atoms with Gasteiger partial charge in [0, 0.05) is 0 Å². The Morgan fingerprint density at radius 3 is 2.12 bits per heavy atom. The number of amides is 1. The summed E-state index contributed by atoms with van der Waals surface area (Å²) in [7, 11) is 0. The van der Waals surface area contributed by atoms with E-state index in [2.05, 4.69) is 6.58 Å². The van der Waals surface area contributed by atoms with E-state index in [-0.39, 0.29) is 12.6 Å². The van der Waals surface area contributed by atoms with E-state index in [9.17, 15) is 9.59 Å². The Balaban J connectivity index is 2.83. The van der Waals surface area contributed by atoms with Crippen molar-refractivity contribution in [2.45, 2.75) is 84.2 Å². The van der Waals surface area contributed by atoms with Crippen molar-refractivity contribution in [3.8, 4) is 0 Å². The van der Waals surface area contributed by atoms with Crippen molar-refractivity contribution in [3.63, 3.8) is 0 Å². The molecular weight excluding hydrogens is 310 g/mol. The fourth-order valence-corrected chi connectivity index (χ4v) is 2.49. The van der Waals surface area contributed by atoms with Crippen LogP contribution in [-0.2, 0) is 14.2 Å². The van der Waals surface area contributed by atoms with Crippen LogP contribution in [0.25, 0.3) is 0 Å². The van der Waals surface area contributed by atoms with Crippen LogP contribution in [0.2, 0.25) is 0 Å². The highest BCUT2D eigenvalue weighted by atomic mass is 16.7. The first-order valence-electron chi connectivity index (χ1n) is 8.29. The van der Waals surface area contributed by atoms with Gasteiger partial charge in [0.15, 0.2) is 0 Å². The Hall–Kier alpha value is -1.72. The molecule has 24 heavy (non-hydrogen) atoms. The van der Waals surface area contributed by atoms with Crippen molar-refractivity contribution < 1.29 is 23.8 Å². The summed E-state index contributed by atoms with van der Waals surface area (Å²) in [5.41, 5.74) is -2.04. The van der Waals surface area contributed by atoms with Gasteiger partial charge in [-0.2, -0.15) is 0 Å². The Morgan fingerprint density at radius 1 is 1.12 bits per heavy atom. The third-order valence-electron chi connectivity index (χ3n) is 3.49. The maximum Gasteiger partial charge on any atom is 0.509 e. The zero-order valence-corrected chi connectivity index (χ0v) is 16.0. The molecule has 2 atom stereocenters. The van der Waals surface area contributed by atoms with Gasteiger partial charge in [0.2, 0.25) is 0 Å². The Morgan fingerprint density at radius 2 is 1.67 bits per heavy atom. The van der Waals surface area contributed by atoms with Crippen LogP contribution in [0.1, 0.15) is 61.3 Å². The summed E-state index contributed by atoms with van der Waals surface area (Å²) in [6, 6.07) is -0.143. The lowest BCUT2D eigenvalue weighted by molar-refractivity contribution is -0.0909. The second-order valence-electron chi connectivity index (χ2n) is 8.47. The lowest BCUT2D eigenvalue weighted by atomic mass is 9.90. The van der Waals surface area contributed by atoms with E-state index in [4.69, 9.17) is 14.2 Å². The van der Waals surface area contributed by atoms with Crippen LogP contribution in [0.4, 0.5) is 9.59 Å². The Kier molecular flexibility index (Phi) is 5.95. The number of hydrogen-bond acceptors (Lipinski definition) is 5. The van der Waals surface area contributed by atoms with E-state index in [1.807, 2.05) is 20.8 Å². The van der Waals surface area contributed by atoms with Crippen LogP contribution in [0.5, 0.6) is 0 Å². The number of carbonyl (C=O) groups excluding carboxylic acids is 2. The second-order valence-corrected chi connectivity index (χ2v) is 8.47. The fraction of sp³-hybridized carbons (Fsp3) is 0.778. The van der Waals surface area contributed by atoms with E-state index in [1.54, 1.807) is 38.7 Å². The van der Waals surface area contributed by atoms with Crippen molar-refractivity contribution in [2.75, 3.05) is 6.54 Å². The lowest BCUT2D eigenvalue weighted by Crippen LogP contribution is -2.55. The maximum absolute atomic E-state index is 12.5. The van der Waals surface area contributed by atoms with Gasteiger partial charge in [0.1, 0.15) is 16.8 Å². The fourth-order valence-electron chi connectivity index (χ4n) is 2.49. The minimum absolute atomic E-state index is 0.143. The summed E-state index contributed by atoms with van der Waals surface area (Å²) in [6.45, 7) is 16.6. The van der Waals surface area contributed by atoms with E-state index in [0.29, 0.717) is 12.8 Å². The van der Waals surface area contributed by atoms with Crippen molar-refractivity contribution in [2.24, 2.45) is 0 Å². The van der Waals surface area contributed by atoms with Crippen LogP contribution < -0.4 is 0 Å². The first-order chi connectivity index (χ1) is 10.7. The average Bonchev–Trinajstić information content (AvgIpc) is 2.33. The van der Waals surface area contributed by atoms with E-state index in [0.717, 1.165) is 0 Å². The summed E-state index contributed by atoms with van der Waals surface area (Å²) in [6.07, 6.45) is 1.80. The highest BCUT2D eigenvalue weighted by molar-refractivity contribution is 5.69. The minimum atomic E-state index is -0.821. The molecule has 1 amide bonds. The van der Waals surface area contributed by atoms with Gasteiger partial charge in [-0.25, -0.2) is 9.59 Å². The maximum atomic E-state index is 12.5. The predicted molar refractivity (Wildman–Crippen MR) is 91.9 cm³/mol. The molecule has 0 aromatic rings. The molecular formula is C18H31NO5. The largest absolute Gasteiger partial charge is 0.509 e. The number of likely N-dealkylation sites (tertiary alicyclic amines) is 1. The molecule has 0 saturated carbocycles. The van der Waals surface area contributed by atoms with Gasteiger partial charge in [-0.3, -0.25) is 4.90 Å². The third kappa shape index (κ3) is 6.42.